The quantitative estimate of drug-likeness (QED) is 0.202. The Morgan fingerprint density at radius 2 is 1.56 bits per heavy atom. The van der Waals surface area contributed by atoms with Crippen molar-refractivity contribution in [1.29, 1.82) is 0 Å². The van der Waals surface area contributed by atoms with Gasteiger partial charge in [0, 0.05) is 30.6 Å². The predicted octanol–water partition coefficient (Wildman–Crippen LogP) is 7.88. The molecule has 0 saturated carbocycles. The van der Waals surface area contributed by atoms with Crippen LogP contribution in [-0.2, 0) is 18.0 Å². The molecule has 4 aromatic rings. The Kier molecular flexibility index (Phi) is 9.10. The van der Waals surface area contributed by atoms with Crippen LogP contribution in [0.3, 0.4) is 0 Å². The van der Waals surface area contributed by atoms with Crippen molar-refractivity contribution >= 4 is 17.5 Å². The molecule has 8 heteroatoms. The van der Waals surface area contributed by atoms with Crippen LogP contribution in [0.1, 0.15) is 56.2 Å². The van der Waals surface area contributed by atoms with Crippen molar-refractivity contribution in [2.24, 2.45) is 0 Å². The number of carbonyl (C=O) groups excluding carboxylic acids is 1. The van der Waals surface area contributed by atoms with Gasteiger partial charge in [-0.2, -0.15) is 4.98 Å². The van der Waals surface area contributed by atoms with E-state index in [0.29, 0.717) is 51.2 Å². The van der Waals surface area contributed by atoms with Gasteiger partial charge in [0.2, 0.25) is 11.8 Å². The van der Waals surface area contributed by atoms with E-state index in [1.165, 1.54) is 0 Å². The number of hydrogen-bond acceptors (Lipinski definition) is 7. The van der Waals surface area contributed by atoms with Gasteiger partial charge in [-0.15, -0.1) is 0 Å². The molecule has 0 N–H and O–H groups in total. The Morgan fingerprint density at radius 3 is 2.27 bits per heavy atom. The average Bonchev–Trinajstić information content (AvgIpc) is 3.06. The van der Waals surface area contributed by atoms with Crippen molar-refractivity contribution in [2.75, 3.05) is 31.1 Å². The summed E-state index contributed by atoms with van der Waals surface area (Å²) in [6.07, 6.45) is 1.61. The van der Waals surface area contributed by atoms with Gasteiger partial charge in [-0.25, -0.2) is 4.79 Å². The average molecular weight is 608 g/mol. The van der Waals surface area contributed by atoms with Crippen LogP contribution in [0.5, 0.6) is 17.5 Å². The van der Waals surface area contributed by atoms with E-state index in [1.807, 2.05) is 98.5 Å². The lowest BCUT2D eigenvalue weighted by molar-refractivity contribution is 0.0197. The highest BCUT2D eigenvalue weighted by Crippen LogP contribution is 2.45. The van der Waals surface area contributed by atoms with Gasteiger partial charge in [0.1, 0.15) is 36.9 Å². The molecule has 45 heavy (non-hydrogen) atoms. The van der Waals surface area contributed by atoms with Gasteiger partial charge in [-0.05, 0) is 56.9 Å². The molecule has 3 aromatic carbocycles. The number of pyridine rings is 1. The Morgan fingerprint density at radius 1 is 0.844 bits per heavy atom. The summed E-state index contributed by atoms with van der Waals surface area (Å²) in [6, 6.07) is 30.3. The maximum Gasteiger partial charge on any atom is 0.410 e. The van der Waals surface area contributed by atoms with E-state index in [-0.39, 0.29) is 12.0 Å². The molecule has 0 unspecified atom stereocenters. The second kappa shape index (κ2) is 13.5. The number of carbonyl (C=O) groups is 1. The fraction of sp³-hybridized carbons (Fsp3) is 0.351. The second-order valence-corrected chi connectivity index (χ2v) is 12.5. The van der Waals surface area contributed by atoms with E-state index in [2.05, 4.69) is 23.1 Å². The van der Waals surface area contributed by atoms with Crippen molar-refractivity contribution in [3.8, 4) is 17.5 Å². The highest BCUT2D eigenvalue weighted by molar-refractivity contribution is 5.75. The number of hydrogen-bond donors (Lipinski definition) is 0. The van der Waals surface area contributed by atoms with Gasteiger partial charge in [0.25, 0.3) is 0 Å². The Bertz CT molecular complexity index is 1590. The van der Waals surface area contributed by atoms with Crippen molar-refractivity contribution < 1.29 is 23.7 Å². The van der Waals surface area contributed by atoms with Gasteiger partial charge in [0.05, 0.1) is 12.2 Å². The number of likely N-dealkylation sites (tertiary alicyclic amines) is 1. The van der Waals surface area contributed by atoms with Crippen molar-refractivity contribution in [2.45, 2.75) is 58.3 Å². The molecule has 8 nitrogen and oxygen atoms in total. The van der Waals surface area contributed by atoms with Crippen LogP contribution in [0.15, 0.2) is 91.0 Å². The maximum atomic E-state index is 12.9. The number of rotatable bonds is 8. The fourth-order valence-electron chi connectivity index (χ4n) is 5.83. The molecule has 1 aromatic heterocycles. The number of amides is 1. The van der Waals surface area contributed by atoms with E-state index >= 15 is 0 Å². The Hall–Kier alpha value is -4.72. The fourth-order valence-corrected chi connectivity index (χ4v) is 5.83. The summed E-state index contributed by atoms with van der Waals surface area (Å²) < 4.78 is 24.5. The number of nitrogens with zero attached hydrogens (tertiary/aromatic N) is 3. The van der Waals surface area contributed by atoms with Gasteiger partial charge in [0.15, 0.2) is 0 Å². The van der Waals surface area contributed by atoms with Crippen LogP contribution in [0.25, 0.3) is 0 Å². The molecule has 1 saturated heterocycles. The number of fused-ring (bicyclic) bond motifs is 1. The number of piperidine rings is 1. The first-order chi connectivity index (χ1) is 21.8. The summed E-state index contributed by atoms with van der Waals surface area (Å²) in [5.41, 5.74) is 4.50. The molecule has 3 heterocycles. The SMILES string of the molecule is CC(C)(C)OC(=O)N1CCC[C@H](c2cccc3c2OCCN3c2ccc(OCc3ccccc3)nc2OCc2ccccc2)C1. The number of aromatic nitrogens is 1. The first kappa shape index (κ1) is 30.3. The molecule has 234 valence electrons. The summed E-state index contributed by atoms with van der Waals surface area (Å²) in [6.45, 7) is 8.93. The molecule has 0 bridgehead atoms. The third kappa shape index (κ3) is 7.51. The first-order valence-corrected chi connectivity index (χ1v) is 15.7. The lowest BCUT2D eigenvalue weighted by Gasteiger charge is -2.37. The minimum absolute atomic E-state index is 0.141. The van der Waals surface area contributed by atoms with Crippen molar-refractivity contribution in [3.05, 3.63) is 108 Å². The number of para-hydroxylation sites is 1. The lowest BCUT2D eigenvalue weighted by atomic mass is 9.89. The summed E-state index contributed by atoms with van der Waals surface area (Å²) >= 11 is 0. The summed E-state index contributed by atoms with van der Waals surface area (Å²) in [5.74, 6) is 1.98. The normalized spacial score (nSPS) is 16.4. The monoisotopic (exact) mass is 607 g/mol. The molecular weight excluding hydrogens is 566 g/mol. The van der Waals surface area contributed by atoms with Crippen LogP contribution in [-0.4, -0.2) is 47.8 Å². The third-order valence-electron chi connectivity index (χ3n) is 7.94. The zero-order chi connectivity index (χ0) is 31.2. The summed E-state index contributed by atoms with van der Waals surface area (Å²) in [4.78, 5) is 21.8. The molecule has 1 amide bonds. The zero-order valence-corrected chi connectivity index (χ0v) is 26.3. The lowest BCUT2D eigenvalue weighted by Crippen LogP contribution is -2.42. The molecule has 0 spiro atoms. The van der Waals surface area contributed by atoms with E-state index < -0.39 is 5.60 Å². The topological polar surface area (TPSA) is 73.4 Å². The number of ether oxygens (including phenoxy) is 4. The predicted molar refractivity (Wildman–Crippen MR) is 175 cm³/mol. The van der Waals surface area contributed by atoms with Gasteiger partial charge >= 0.3 is 6.09 Å². The molecule has 2 aliphatic rings. The summed E-state index contributed by atoms with van der Waals surface area (Å²) in [5, 5.41) is 0. The van der Waals surface area contributed by atoms with E-state index in [0.717, 1.165) is 46.7 Å². The van der Waals surface area contributed by atoms with Crippen LogP contribution in [0.4, 0.5) is 16.2 Å². The van der Waals surface area contributed by atoms with Crippen LogP contribution in [0.2, 0.25) is 0 Å². The number of benzene rings is 3. The largest absolute Gasteiger partial charge is 0.489 e. The zero-order valence-electron chi connectivity index (χ0n) is 26.3. The van der Waals surface area contributed by atoms with Crippen LogP contribution in [0, 0.1) is 0 Å². The molecule has 6 rings (SSSR count). The minimum Gasteiger partial charge on any atom is -0.489 e. The summed E-state index contributed by atoms with van der Waals surface area (Å²) in [7, 11) is 0. The molecule has 1 atom stereocenters. The first-order valence-electron chi connectivity index (χ1n) is 15.7. The second-order valence-electron chi connectivity index (χ2n) is 12.5. The van der Waals surface area contributed by atoms with Crippen molar-refractivity contribution in [3.63, 3.8) is 0 Å². The van der Waals surface area contributed by atoms with E-state index in [9.17, 15) is 4.79 Å². The molecule has 2 aliphatic heterocycles. The van der Waals surface area contributed by atoms with Gasteiger partial charge in [-0.1, -0.05) is 72.8 Å². The van der Waals surface area contributed by atoms with Crippen LogP contribution >= 0.6 is 0 Å². The third-order valence-corrected chi connectivity index (χ3v) is 7.94. The molecule has 0 radical (unpaired) electrons. The molecule has 0 aliphatic carbocycles. The van der Waals surface area contributed by atoms with Crippen molar-refractivity contribution in [1.82, 2.24) is 9.88 Å². The van der Waals surface area contributed by atoms with E-state index in [1.54, 1.807) is 0 Å². The number of anilines is 2. The Balaban J connectivity index is 1.28. The minimum atomic E-state index is -0.532. The molecule has 1 fully saturated rings. The molecular formula is C37H41N3O5. The standard InChI is InChI=1S/C37H41N3O5/c1-37(2,3)45-36(41)39-21-11-16-29(24-39)30-17-10-18-31-34(30)42-23-22-40(31)32-19-20-33(43-25-27-12-6-4-7-13-27)38-35(32)44-26-28-14-8-5-9-15-28/h4-10,12-15,17-20,29H,11,16,21-26H2,1-3H3/t29-/m0/s1. The van der Waals surface area contributed by atoms with Gasteiger partial charge < -0.3 is 28.7 Å². The van der Waals surface area contributed by atoms with E-state index in [4.69, 9.17) is 23.9 Å². The van der Waals surface area contributed by atoms with Crippen LogP contribution < -0.4 is 19.1 Å². The highest BCUT2D eigenvalue weighted by Gasteiger charge is 2.32. The highest BCUT2D eigenvalue weighted by atomic mass is 16.6. The maximum absolute atomic E-state index is 12.9. The smallest absolute Gasteiger partial charge is 0.410 e. The Labute approximate surface area is 265 Å². The van der Waals surface area contributed by atoms with Gasteiger partial charge in [-0.3, -0.25) is 0 Å².